The molecular weight excluding hydrogens is 467 g/mol. The Balaban J connectivity index is 1.46. The van der Waals surface area contributed by atoms with Crippen LogP contribution in [-0.4, -0.2) is 63.6 Å². The average molecular weight is 498 g/mol. The number of fused-ring (bicyclic) bond motifs is 2. The van der Waals surface area contributed by atoms with Crippen LogP contribution in [0.25, 0.3) is 27.9 Å². The minimum absolute atomic E-state index is 0.0522. The molecule has 4 aromatic rings. The number of pyridine rings is 2. The van der Waals surface area contributed by atoms with E-state index >= 15 is 4.39 Å². The molecule has 0 radical (unpaired) electrons. The van der Waals surface area contributed by atoms with Crippen molar-refractivity contribution in [2.45, 2.75) is 51.9 Å². The second-order valence-corrected chi connectivity index (χ2v) is 10.8. The van der Waals surface area contributed by atoms with Crippen LogP contribution in [0.15, 0.2) is 24.7 Å². The van der Waals surface area contributed by atoms with Gasteiger partial charge in [0.15, 0.2) is 5.65 Å². The fourth-order valence-corrected chi connectivity index (χ4v) is 5.63. The van der Waals surface area contributed by atoms with Gasteiger partial charge < -0.3 is 14.4 Å². The number of nitrogens with zero attached hydrogens (tertiary/aromatic N) is 5. The molecule has 1 atom stereocenters. The van der Waals surface area contributed by atoms with E-state index in [-0.39, 0.29) is 23.4 Å². The van der Waals surface area contributed by atoms with Crippen molar-refractivity contribution in [3.05, 3.63) is 47.3 Å². The first-order chi connectivity index (χ1) is 16.8. The Hall–Kier alpha value is -2.69. The molecule has 1 unspecified atom stereocenters. The minimum Gasteiger partial charge on any atom is -0.772 e. The van der Waals surface area contributed by atoms with Gasteiger partial charge in [0.1, 0.15) is 12.1 Å². The summed E-state index contributed by atoms with van der Waals surface area (Å²) < 4.78 is 38.6. The van der Waals surface area contributed by atoms with Crippen LogP contribution in [0.2, 0.25) is 0 Å². The standard InChI is InChI=1S/C25H31FN6O2S/c1-15(2)21-23(18-11-16(3)25-27-14-28-32(25)13-18)29-20-12-19(26)22(30-24(20)21)17-5-8-31(9-6-17)7-4-10-35(33)34/h11-15,17,29H,4-10H2,1-3H3,(H,33,34)/p-1. The van der Waals surface area contributed by atoms with Gasteiger partial charge in [0.2, 0.25) is 0 Å². The van der Waals surface area contributed by atoms with Gasteiger partial charge in [-0.3, -0.25) is 4.21 Å². The summed E-state index contributed by atoms with van der Waals surface area (Å²) in [5.41, 5.74) is 6.86. The van der Waals surface area contributed by atoms with Gasteiger partial charge in [-0.1, -0.05) is 24.9 Å². The van der Waals surface area contributed by atoms with E-state index in [1.807, 2.05) is 13.1 Å². The van der Waals surface area contributed by atoms with E-state index in [2.05, 4.69) is 39.9 Å². The van der Waals surface area contributed by atoms with Crippen molar-refractivity contribution in [3.63, 3.8) is 0 Å². The predicted molar refractivity (Wildman–Crippen MR) is 134 cm³/mol. The van der Waals surface area contributed by atoms with Gasteiger partial charge in [-0.25, -0.2) is 18.9 Å². The van der Waals surface area contributed by atoms with Crippen LogP contribution in [0.5, 0.6) is 0 Å². The van der Waals surface area contributed by atoms with Crippen molar-refractivity contribution >= 4 is 27.8 Å². The lowest BCUT2D eigenvalue weighted by Crippen LogP contribution is -2.34. The molecule has 0 amide bonds. The molecule has 1 N–H and O–H groups in total. The molecule has 0 aromatic carbocycles. The normalized spacial score (nSPS) is 16.6. The lowest BCUT2D eigenvalue weighted by Gasteiger charge is -2.31. The van der Waals surface area contributed by atoms with Crippen LogP contribution in [0.3, 0.4) is 0 Å². The number of hydrogen-bond acceptors (Lipinski definition) is 6. The zero-order chi connectivity index (χ0) is 24.7. The largest absolute Gasteiger partial charge is 0.772 e. The van der Waals surface area contributed by atoms with E-state index in [9.17, 15) is 8.76 Å². The number of aromatic nitrogens is 5. The second-order valence-electron chi connectivity index (χ2n) is 9.74. The topological polar surface area (TPSA) is 102 Å². The Labute approximate surface area is 206 Å². The van der Waals surface area contributed by atoms with E-state index in [0.717, 1.165) is 66.0 Å². The SMILES string of the molecule is Cc1cc(-c2[nH]c3cc(F)c(C4CCN(CCCS(=O)[O-])CC4)nc3c2C(C)C)cn2ncnc12. The summed E-state index contributed by atoms with van der Waals surface area (Å²) in [6.45, 7) is 8.66. The van der Waals surface area contributed by atoms with Crippen molar-refractivity contribution in [1.29, 1.82) is 0 Å². The van der Waals surface area contributed by atoms with E-state index in [0.29, 0.717) is 17.6 Å². The summed E-state index contributed by atoms with van der Waals surface area (Å²) >= 11 is -1.99. The molecule has 186 valence electrons. The van der Waals surface area contributed by atoms with Crippen LogP contribution in [0.1, 0.15) is 61.8 Å². The minimum atomic E-state index is -1.99. The Kier molecular flexibility index (Phi) is 6.69. The molecule has 35 heavy (non-hydrogen) atoms. The van der Waals surface area contributed by atoms with Gasteiger partial charge >= 0.3 is 0 Å². The Bertz CT molecular complexity index is 1390. The monoisotopic (exact) mass is 497 g/mol. The summed E-state index contributed by atoms with van der Waals surface area (Å²) in [6, 6.07) is 3.67. The zero-order valence-electron chi connectivity index (χ0n) is 20.3. The number of halogens is 1. The highest BCUT2D eigenvalue weighted by atomic mass is 32.2. The van der Waals surface area contributed by atoms with Crippen LogP contribution in [0, 0.1) is 12.7 Å². The number of rotatable bonds is 7. The number of likely N-dealkylation sites (tertiary alicyclic amines) is 1. The molecule has 1 aliphatic rings. The first kappa shape index (κ1) is 24.0. The fourth-order valence-electron chi connectivity index (χ4n) is 5.27. The average Bonchev–Trinajstić information content (AvgIpc) is 3.43. The highest BCUT2D eigenvalue weighted by molar-refractivity contribution is 7.79. The molecule has 0 spiro atoms. The molecule has 1 aliphatic heterocycles. The van der Waals surface area contributed by atoms with E-state index < -0.39 is 11.1 Å². The maximum absolute atomic E-state index is 15.3. The van der Waals surface area contributed by atoms with Gasteiger partial charge in [-0.05, 0) is 63.4 Å². The lowest BCUT2D eigenvalue weighted by atomic mass is 9.92. The van der Waals surface area contributed by atoms with Crippen LogP contribution < -0.4 is 0 Å². The maximum Gasteiger partial charge on any atom is 0.158 e. The lowest BCUT2D eigenvalue weighted by molar-refractivity contribution is 0.210. The predicted octanol–water partition coefficient (Wildman–Crippen LogP) is 4.29. The van der Waals surface area contributed by atoms with Gasteiger partial charge in [0.05, 0.1) is 22.4 Å². The molecule has 0 bridgehead atoms. The molecule has 10 heteroatoms. The van der Waals surface area contributed by atoms with Crippen LogP contribution in [-0.2, 0) is 11.1 Å². The number of aryl methyl sites for hydroxylation is 1. The molecular formula is C25H30FN6O2S-. The molecule has 0 saturated carbocycles. The second kappa shape index (κ2) is 9.75. The van der Waals surface area contributed by atoms with Crippen molar-refractivity contribution < 1.29 is 13.2 Å². The first-order valence-electron chi connectivity index (χ1n) is 12.1. The third-order valence-corrected chi connectivity index (χ3v) is 7.59. The Morgan fingerprint density at radius 3 is 2.77 bits per heavy atom. The highest BCUT2D eigenvalue weighted by Gasteiger charge is 2.27. The van der Waals surface area contributed by atoms with E-state index in [1.165, 1.54) is 0 Å². The summed E-state index contributed by atoms with van der Waals surface area (Å²) in [5.74, 6) is 0.147. The smallest absolute Gasteiger partial charge is 0.158 e. The van der Waals surface area contributed by atoms with Crippen LogP contribution in [0.4, 0.5) is 4.39 Å². The van der Waals surface area contributed by atoms with Crippen LogP contribution >= 0.6 is 0 Å². The third kappa shape index (κ3) is 4.74. The number of piperidine rings is 1. The quantitative estimate of drug-likeness (QED) is 0.382. The van der Waals surface area contributed by atoms with E-state index in [4.69, 9.17) is 4.98 Å². The number of hydrogen-bond donors (Lipinski definition) is 1. The fraction of sp³-hybridized carbons (Fsp3) is 0.480. The number of aromatic amines is 1. The molecule has 0 aliphatic carbocycles. The molecule has 5 rings (SSSR count). The summed E-state index contributed by atoms with van der Waals surface area (Å²) in [6.07, 6.45) is 5.74. The Morgan fingerprint density at radius 1 is 1.29 bits per heavy atom. The molecule has 4 aromatic heterocycles. The summed E-state index contributed by atoms with van der Waals surface area (Å²) in [5, 5.41) is 4.30. The zero-order valence-corrected chi connectivity index (χ0v) is 21.1. The molecule has 1 saturated heterocycles. The van der Waals surface area contributed by atoms with Gasteiger partial charge in [0.25, 0.3) is 0 Å². The third-order valence-electron chi connectivity index (χ3n) is 6.97. The summed E-state index contributed by atoms with van der Waals surface area (Å²) in [4.78, 5) is 14.9. The molecule has 1 fully saturated rings. The summed E-state index contributed by atoms with van der Waals surface area (Å²) in [7, 11) is 0. The van der Waals surface area contributed by atoms with Crippen molar-refractivity contribution in [2.24, 2.45) is 0 Å². The molecule has 5 heterocycles. The maximum atomic E-state index is 15.3. The van der Waals surface area contributed by atoms with Crippen molar-refractivity contribution in [2.75, 3.05) is 25.4 Å². The van der Waals surface area contributed by atoms with Crippen molar-refractivity contribution in [1.82, 2.24) is 29.5 Å². The van der Waals surface area contributed by atoms with E-state index in [1.54, 1.807) is 16.9 Å². The Morgan fingerprint density at radius 2 is 2.06 bits per heavy atom. The van der Waals surface area contributed by atoms with Crippen molar-refractivity contribution in [3.8, 4) is 11.3 Å². The number of H-pyrrole nitrogens is 1. The van der Waals surface area contributed by atoms with Gasteiger partial charge in [-0.15, -0.1) is 0 Å². The number of nitrogens with one attached hydrogen (secondary N) is 1. The first-order valence-corrected chi connectivity index (χ1v) is 13.4. The van der Waals surface area contributed by atoms with Gasteiger partial charge in [0, 0.05) is 35.1 Å². The highest BCUT2D eigenvalue weighted by Crippen LogP contribution is 2.38. The van der Waals surface area contributed by atoms with Gasteiger partial charge in [-0.2, -0.15) is 5.10 Å². The molecule has 8 nitrogen and oxygen atoms in total.